The van der Waals surface area contributed by atoms with E-state index in [2.05, 4.69) is 0 Å². The number of sulfonamides is 1. The Labute approximate surface area is 265 Å². The molecule has 6 rings (SSSR count). The van der Waals surface area contributed by atoms with Crippen LogP contribution in [0.2, 0.25) is 10.0 Å². The largest absolute Gasteiger partial charge is 0.481 e. The summed E-state index contributed by atoms with van der Waals surface area (Å²) in [5.74, 6) is -2.57. The van der Waals surface area contributed by atoms with Crippen molar-refractivity contribution < 1.29 is 32.2 Å². The lowest BCUT2D eigenvalue weighted by Gasteiger charge is -2.49. The van der Waals surface area contributed by atoms with Crippen LogP contribution in [0.3, 0.4) is 0 Å². The van der Waals surface area contributed by atoms with E-state index >= 15 is 4.39 Å². The summed E-state index contributed by atoms with van der Waals surface area (Å²) in [5.41, 5.74) is 1.20. The Morgan fingerprint density at radius 3 is 2.30 bits per heavy atom. The summed E-state index contributed by atoms with van der Waals surface area (Å²) in [7, 11) is -3.96. The summed E-state index contributed by atoms with van der Waals surface area (Å²) in [6.07, 6.45) is -0.380. The number of carboxylic acids is 1. The van der Waals surface area contributed by atoms with E-state index in [-0.39, 0.29) is 18.2 Å². The Hall–Kier alpha value is -3.18. The fraction of sp³-hybridized carbons (Fsp3) is 0.375. The summed E-state index contributed by atoms with van der Waals surface area (Å²) < 4.78 is 50.3. The van der Waals surface area contributed by atoms with Crippen LogP contribution in [0.15, 0.2) is 72.8 Å². The lowest BCUT2D eigenvalue weighted by Crippen LogP contribution is -2.59. The lowest BCUT2D eigenvalue weighted by molar-refractivity contribution is -0.183. The van der Waals surface area contributed by atoms with E-state index in [4.69, 9.17) is 27.9 Å². The number of nitrogens with zero attached hydrogens (tertiary/aromatic N) is 2. The molecule has 1 saturated heterocycles. The number of anilines is 1. The number of para-hydroxylation sites is 1. The second-order valence-corrected chi connectivity index (χ2v) is 14.6. The van der Waals surface area contributed by atoms with E-state index in [0.717, 1.165) is 17.1 Å². The Kier molecular flexibility index (Phi) is 8.63. The molecule has 12 heteroatoms. The molecule has 1 amide bonds. The lowest BCUT2D eigenvalue weighted by atomic mass is 9.89. The van der Waals surface area contributed by atoms with Crippen LogP contribution in [-0.2, 0) is 24.3 Å². The van der Waals surface area contributed by atoms with Gasteiger partial charge in [-0.3, -0.25) is 13.9 Å². The normalized spacial score (nSPS) is 22.9. The van der Waals surface area contributed by atoms with E-state index < -0.39 is 63.7 Å². The van der Waals surface area contributed by atoms with E-state index in [1.54, 1.807) is 59.5 Å². The molecule has 2 saturated carbocycles. The van der Waals surface area contributed by atoms with Gasteiger partial charge in [0.1, 0.15) is 18.0 Å². The number of benzene rings is 3. The van der Waals surface area contributed by atoms with Gasteiger partial charge in [0.05, 0.1) is 36.0 Å². The number of morpholine rings is 1. The van der Waals surface area contributed by atoms with E-state index in [0.29, 0.717) is 34.0 Å². The number of aliphatic carboxylic acids is 1. The molecule has 3 aromatic carbocycles. The molecule has 232 valence electrons. The van der Waals surface area contributed by atoms with Crippen LogP contribution in [0.4, 0.5) is 10.1 Å². The summed E-state index contributed by atoms with van der Waals surface area (Å²) in [6, 6.07) is 18.1. The number of hydrogen-bond donors (Lipinski definition) is 1. The van der Waals surface area contributed by atoms with Gasteiger partial charge in [-0.2, -0.15) is 0 Å². The first-order valence-electron chi connectivity index (χ1n) is 14.5. The second-order valence-electron chi connectivity index (χ2n) is 11.6. The number of amides is 1. The van der Waals surface area contributed by atoms with Gasteiger partial charge in [-0.05, 0) is 79.1 Å². The maximum Gasteiger partial charge on any atom is 0.306 e. The molecule has 0 spiro atoms. The van der Waals surface area contributed by atoms with Gasteiger partial charge in [0.25, 0.3) is 5.91 Å². The number of ether oxygens (including phenoxy) is 1. The fourth-order valence-electron chi connectivity index (χ4n) is 6.02. The summed E-state index contributed by atoms with van der Waals surface area (Å²) >= 11 is 12.6. The smallest absolute Gasteiger partial charge is 0.306 e. The summed E-state index contributed by atoms with van der Waals surface area (Å²) in [6.45, 7) is -0.192. The maximum absolute atomic E-state index is 15.2. The molecule has 3 aromatic rings. The third-order valence-electron chi connectivity index (χ3n) is 8.43. The highest BCUT2D eigenvalue weighted by molar-refractivity contribution is 7.93. The highest BCUT2D eigenvalue weighted by Gasteiger charge is 2.52. The predicted molar refractivity (Wildman–Crippen MR) is 165 cm³/mol. The van der Waals surface area contributed by atoms with Gasteiger partial charge in [0, 0.05) is 10.0 Å². The van der Waals surface area contributed by atoms with Crippen molar-refractivity contribution in [2.75, 3.05) is 10.8 Å². The van der Waals surface area contributed by atoms with Crippen molar-refractivity contribution >= 4 is 50.8 Å². The van der Waals surface area contributed by atoms with Gasteiger partial charge < -0.3 is 14.7 Å². The first kappa shape index (κ1) is 30.8. The molecule has 1 unspecified atom stereocenters. The Morgan fingerprint density at radius 2 is 1.68 bits per heavy atom. The standard InChI is InChI=1S/C32H31Cl2FN2O6S/c33-22-12-10-20(11-13-22)30-31(21-4-3-5-23(34)16-21)43-28(17-29(38)39)32(40)37(30)27(19-8-9-19)18-36(44(41,42)24-14-15-24)26-7-2-1-6-25(26)35/h1-7,10-13,16,19,24,27-28,30-31H,8-9,14-15,17-18H2,(H,38,39)/t27?,28-,30-,31-/m1/s1. The molecule has 0 bridgehead atoms. The number of rotatable bonds is 11. The third kappa shape index (κ3) is 6.31. The van der Waals surface area contributed by atoms with Crippen molar-refractivity contribution in [1.29, 1.82) is 0 Å². The fourth-order valence-corrected chi connectivity index (χ4v) is 8.22. The molecule has 3 fully saturated rings. The molecule has 44 heavy (non-hydrogen) atoms. The highest BCUT2D eigenvalue weighted by atomic mass is 35.5. The molecule has 0 aromatic heterocycles. The predicted octanol–water partition coefficient (Wildman–Crippen LogP) is 6.39. The SMILES string of the molecule is O=C(O)C[C@H]1O[C@H](c2cccc(Cl)c2)[C@@H](c2ccc(Cl)cc2)N(C(CN(c2ccccc2F)S(=O)(=O)C2CC2)C2CC2)C1=O. The molecule has 4 atom stereocenters. The number of carboxylic acid groups (broad SMARTS) is 1. The molecule has 3 aliphatic rings. The first-order chi connectivity index (χ1) is 21.0. The Balaban J connectivity index is 1.51. The molecule has 0 radical (unpaired) electrons. The first-order valence-corrected chi connectivity index (χ1v) is 16.8. The zero-order chi connectivity index (χ0) is 31.2. The van der Waals surface area contributed by atoms with Gasteiger partial charge in [0.2, 0.25) is 10.0 Å². The average molecular weight is 662 g/mol. The zero-order valence-electron chi connectivity index (χ0n) is 23.6. The summed E-state index contributed by atoms with van der Waals surface area (Å²) in [5, 5.41) is 10.0. The van der Waals surface area contributed by atoms with Gasteiger partial charge in [-0.15, -0.1) is 0 Å². The minimum absolute atomic E-state index is 0.0812. The molecule has 8 nitrogen and oxygen atoms in total. The Morgan fingerprint density at radius 1 is 0.977 bits per heavy atom. The third-order valence-corrected chi connectivity index (χ3v) is 11.2. The van der Waals surface area contributed by atoms with Crippen molar-refractivity contribution in [3.05, 3.63) is 99.8 Å². The van der Waals surface area contributed by atoms with E-state index in [1.807, 2.05) is 0 Å². The van der Waals surface area contributed by atoms with Crippen molar-refractivity contribution in [2.45, 2.75) is 61.6 Å². The molecule has 2 aliphatic carbocycles. The average Bonchev–Trinajstić information content (AvgIpc) is 3.89. The maximum atomic E-state index is 15.2. The van der Waals surface area contributed by atoms with Crippen LogP contribution in [-0.4, -0.2) is 54.2 Å². The number of hydrogen-bond acceptors (Lipinski definition) is 5. The number of halogens is 3. The molecular formula is C32H31Cl2FN2O6S. The van der Waals surface area contributed by atoms with Crippen molar-refractivity contribution in [2.24, 2.45) is 5.92 Å². The van der Waals surface area contributed by atoms with Gasteiger partial charge in [0.15, 0.2) is 0 Å². The van der Waals surface area contributed by atoms with Gasteiger partial charge in [-0.1, -0.05) is 59.6 Å². The monoisotopic (exact) mass is 660 g/mol. The van der Waals surface area contributed by atoms with Crippen molar-refractivity contribution in [1.82, 2.24) is 4.90 Å². The van der Waals surface area contributed by atoms with Crippen LogP contribution >= 0.6 is 23.2 Å². The topological polar surface area (TPSA) is 104 Å². The van der Waals surface area contributed by atoms with Crippen LogP contribution in [0.25, 0.3) is 0 Å². The van der Waals surface area contributed by atoms with Crippen LogP contribution < -0.4 is 4.31 Å². The minimum Gasteiger partial charge on any atom is -0.481 e. The molecule has 1 N–H and O–H groups in total. The van der Waals surface area contributed by atoms with Crippen LogP contribution in [0.1, 0.15) is 55.4 Å². The van der Waals surface area contributed by atoms with Crippen molar-refractivity contribution in [3.63, 3.8) is 0 Å². The molecular weight excluding hydrogens is 630 g/mol. The van der Waals surface area contributed by atoms with Crippen LogP contribution in [0.5, 0.6) is 0 Å². The van der Waals surface area contributed by atoms with Crippen LogP contribution in [0, 0.1) is 11.7 Å². The molecule has 1 aliphatic heterocycles. The second kappa shape index (κ2) is 12.3. The Bertz CT molecular complexity index is 1670. The van der Waals surface area contributed by atoms with E-state index in [1.165, 1.54) is 18.2 Å². The van der Waals surface area contributed by atoms with E-state index in [9.17, 15) is 23.1 Å². The van der Waals surface area contributed by atoms with Gasteiger partial charge in [-0.25, -0.2) is 12.8 Å². The minimum atomic E-state index is -3.96. The van der Waals surface area contributed by atoms with Crippen molar-refractivity contribution in [3.8, 4) is 0 Å². The number of carbonyl (C=O) groups is 2. The highest BCUT2D eigenvalue weighted by Crippen LogP contribution is 2.49. The quantitative estimate of drug-likeness (QED) is 0.255. The molecule has 1 heterocycles. The van der Waals surface area contributed by atoms with Gasteiger partial charge >= 0.3 is 5.97 Å². The summed E-state index contributed by atoms with van der Waals surface area (Å²) in [4.78, 5) is 27.9. The zero-order valence-corrected chi connectivity index (χ0v) is 25.9. The number of carbonyl (C=O) groups excluding carboxylic acids is 1.